The monoisotopic (exact) mass is 341 g/mol. The van der Waals surface area contributed by atoms with Gasteiger partial charge in [-0.25, -0.2) is 4.79 Å². The van der Waals surface area contributed by atoms with Crippen molar-refractivity contribution in [1.29, 1.82) is 0 Å². The van der Waals surface area contributed by atoms with E-state index in [9.17, 15) is 9.59 Å². The zero-order valence-corrected chi connectivity index (χ0v) is 16.2. The van der Waals surface area contributed by atoms with Crippen molar-refractivity contribution in [2.75, 3.05) is 0 Å². The van der Waals surface area contributed by atoms with Crippen molar-refractivity contribution in [3.63, 3.8) is 0 Å². The van der Waals surface area contributed by atoms with Crippen LogP contribution >= 0.6 is 0 Å². The Kier molecular flexibility index (Phi) is 7.56. The Morgan fingerprint density at radius 2 is 1.50 bits per heavy atom. The summed E-state index contributed by atoms with van der Waals surface area (Å²) in [4.78, 5) is 24.3. The molecule has 1 rings (SSSR count). The highest BCUT2D eigenvalue weighted by Gasteiger charge is 2.27. The third-order valence-electron chi connectivity index (χ3n) is 3.90. The van der Waals surface area contributed by atoms with E-state index in [1.807, 2.05) is 41.5 Å². The number of esters is 1. The van der Waals surface area contributed by atoms with Crippen molar-refractivity contribution in [2.45, 2.75) is 104 Å². The largest absolute Gasteiger partial charge is 0.460 e. The molecule has 140 valence electrons. The van der Waals surface area contributed by atoms with Crippen molar-refractivity contribution in [3.05, 3.63) is 0 Å². The summed E-state index contributed by atoms with van der Waals surface area (Å²) in [7, 11) is 0. The molecule has 0 unspecified atom stereocenters. The van der Waals surface area contributed by atoms with Gasteiger partial charge in [0, 0.05) is 6.04 Å². The van der Waals surface area contributed by atoms with Gasteiger partial charge in [-0.2, -0.15) is 0 Å². The summed E-state index contributed by atoms with van der Waals surface area (Å²) in [5.74, 6) is 0.278. The summed E-state index contributed by atoms with van der Waals surface area (Å²) in [6, 6.07) is -0.238. The van der Waals surface area contributed by atoms with Gasteiger partial charge in [-0.15, -0.1) is 0 Å². The fourth-order valence-corrected chi connectivity index (χ4v) is 3.08. The van der Waals surface area contributed by atoms with E-state index in [0.29, 0.717) is 5.92 Å². The van der Waals surface area contributed by atoms with Crippen molar-refractivity contribution in [2.24, 2.45) is 5.92 Å². The van der Waals surface area contributed by atoms with Gasteiger partial charge in [-0.1, -0.05) is 32.1 Å². The SMILES string of the molecule is CC(C)(C)OC(=O)C[C@@H](CC1CCCCC1)NC(=O)OC(C)(C)C. The van der Waals surface area contributed by atoms with Gasteiger partial charge in [0.2, 0.25) is 0 Å². The Labute approximate surface area is 146 Å². The van der Waals surface area contributed by atoms with Gasteiger partial charge in [0.25, 0.3) is 0 Å². The van der Waals surface area contributed by atoms with Crippen LogP contribution in [0.25, 0.3) is 0 Å². The Morgan fingerprint density at radius 1 is 0.958 bits per heavy atom. The average Bonchev–Trinajstić information content (AvgIpc) is 2.34. The minimum Gasteiger partial charge on any atom is -0.460 e. The molecule has 0 aliphatic heterocycles. The molecule has 0 aromatic rings. The molecule has 1 saturated carbocycles. The minimum absolute atomic E-state index is 0.188. The predicted molar refractivity (Wildman–Crippen MR) is 94.8 cm³/mol. The Hall–Kier alpha value is -1.26. The summed E-state index contributed by atoms with van der Waals surface area (Å²) >= 11 is 0. The standard InChI is InChI=1S/C19H35NO4/c1-18(2,3)23-16(21)13-15(12-14-10-8-7-9-11-14)20-17(22)24-19(4,5)6/h14-15H,7-13H2,1-6H3,(H,20,22)/t15-/m1/s1. The molecule has 0 bridgehead atoms. The van der Waals surface area contributed by atoms with Gasteiger partial charge in [0.15, 0.2) is 0 Å². The lowest BCUT2D eigenvalue weighted by molar-refractivity contribution is -0.155. The second kappa shape index (κ2) is 8.72. The molecular formula is C19H35NO4. The number of carbonyl (C=O) groups excluding carboxylic acids is 2. The molecule has 0 heterocycles. The highest BCUT2D eigenvalue weighted by Crippen LogP contribution is 2.28. The minimum atomic E-state index is -0.550. The summed E-state index contributed by atoms with van der Waals surface area (Å²) in [6.07, 6.45) is 6.61. The molecule has 5 nitrogen and oxygen atoms in total. The Balaban J connectivity index is 2.63. The van der Waals surface area contributed by atoms with Gasteiger partial charge >= 0.3 is 12.1 Å². The van der Waals surface area contributed by atoms with Crippen LogP contribution in [-0.2, 0) is 14.3 Å². The van der Waals surface area contributed by atoms with Gasteiger partial charge in [0.1, 0.15) is 11.2 Å². The first-order valence-corrected chi connectivity index (χ1v) is 9.16. The fraction of sp³-hybridized carbons (Fsp3) is 0.895. The first kappa shape index (κ1) is 20.8. The Bertz CT molecular complexity index is 384. The normalized spacial score (nSPS) is 17.9. The van der Waals surface area contributed by atoms with Crippen LogP contribution in [0.5, 0.6) is 0 Å². The molecule has 0 aromatic carbocycles. The highest BCUT2D eigenvalue weighted by atomic mass is 16.6. The zero-order valence-electron chi connectivity index (χ0n) is 16.2. The molecule has 5 heteroatoms. The molecule has 0 aromatic heterocycles. The van der Waals surface area contributed by atoms with Crippen LogP contribution in [-0.4, -0.2) is 29.3 Å². The topological polar surface area (TPSA) is 64.6 Å². The summed E-state index contributed by atoms with van der Waals surface area (Å²) in [5.41, 5.74) is -1.07. The molecule has 0 saturated heterocycles. The molecule has 1 fully saturated rings. The first-order valence-electron chi connectivity index (χ1n) is 9.16. The number of carbonyl (C=O) groups is 2. The van der Waals surface area contributed by atoms with Crippen LogP contribution in [0.1, 0.15) is 86.5 Å². The predicted octanol–water partition coefficient (Wildman–Crippen LogP) is 4.58. The van der Waals surface area contributed by atoms with E-state index in [4.69, 9.17) is 9.47 Å². The molecule has 24 heavy (non-hydrogen) atoms. The first-order chi connectivity index (χ1) is 10.9. The van der Waals surface area contributed by atoms with Gasteiger partial charge in [-0.3, -0.25) is 4.79 Å². The number of ether oxygens (including phenoxy) is 2. The lowest BCUT2D eigenvalue weighted by Crippen LogP contribution is -2.42. The second-order valence-corrected chi connectivity index (χ2v) is 8.87. The van der Waals surface area contributed by atoms with Crippen LogP contribution in [0.15, 0.2) is 0 Å². The molecular weight excluding hydrogens is 306 g/mol. The van der Waals surface area contributed by atoms with Crippen LogP contribution in [0.2, 0.25) is 0 Å². The average molecular weight is 341 g/mol. The van der Waals surface area contributed by atoms with Crippen LogP contribution in [0.3, 0.4) is 0 Å². The lowest BCUT2D eigenvalue weighted by Gasteiger charge is -2.29. The van der Waals surface area contributed by atoms with Crippen LogP contribution in [0, 0.1) is 5.92 Å². The van der Waals surface area contributed by atoms with Crippen molar-refractivity contribution in [3.8, 4) is 0 Å². The highest BCUT2D eigenvalue weighted by molar-refractivity contribution is 5.73. The molecule has 0 spiro atoms. The third kappa shape index (κ3) is 9.78. The maximum absolute atomic E-state index is 12.2. The smallest absolute Gasteiger partial charge is 0.407 e. The van der Waals surface area contributed by atoms with E-state index in [0.717, 1.165) is 6.42 Å². The van der Waals surface area contributed by atoms with Gasteiger partial charge < -0.3 is 14.8 Å². The maximum Gasteiger partial charge on any atom is 0.407 e. The van der Waals surface area contributed by atoms with E-state index >= 15 is 0 Å². The molecule has 1 atom stereocenters. The van der Waals surface area contributed by atoms with Crippen molar-refractivity contribution in [1.82, 2.24) is 5.32 Å². The number of alkyl carbamates (subject to hydrolysis) is 1. The van der Waals surface area contributed by atoms with E-state index in [1.165, 1.54) is 32.1 Å². The number of rotatable bonds is 5. The van der Waals surface area contributed by atoms with Gasteiger partial charge in [0.05, 0.1) is 6.42 Å². The molecule has 0 radical (unpaired) electrons. The number of hydrogen-bond donors (Lipinski definition) is 1. The number of nitrogens with one attached hydrogen (secondary N) is 1. The van der Waals surface area contributed by atoms with E-state index in [1.54, 1.807) is 0 Å². The number of amides is 1. The molecule has 1 aliphatic carbocycles. The second-order valence-electron chi connectivity index (χ2n) is 8.87. The van der Waals surface area contributed by atoms with E-state index in [2.05, 4.69) is 5.32 Å². The zero-order chi connectivity index (χ0) is 18.4. The molecule has 1 N–H and O–H groups in total. The summed E-state index contributed by atoms with van der Waals surface area (Å²) < 4.78 is 10.7. The van der Waals surface area contributed by atoms with E-state index in [-0.39, 0.29) is 18.4 Å². The summed E-state index contributed by atoms with van der Waals surface area (Å²) in [5, 5.41) is 2.88. The maximum atomic E-state index is 12.2. The number of hydrogen-bond acceptors (Lipinski definition) is 4. The van der Waals surface area contributed by atoms with Crippen molar-refractivity contribution >= 4 is 12.1 Å². The van der Waals surface area contributed by atoms with Crippen molar-refractivity contribution < 1.29 is 19.1 Å². The van der Waals surface area contributed by atoms with Crippen LogP contribution < -0.4 is 5.32 Å². The molecule has 1 aliphatic rings. The summed E-state index contributed by atoms with van der Waals surface area (Å²) in [6.45, 7) is 11.0. The third-order valence-corrected chi connectivity index (χ3v) is 3.90. The van der Waals surface area contributed by atoms with Crippen LogP contribution in [0.4, 0.5) is 4.79 Å². The quantitative estimate of drug-likeness (QED) is 0.743. The molecule has 1 amide bonds. The lowest BCUT2D eigenvalue weighted by atomic mass is 9.84. The van der Waals surface area contributed by atoms with E-state index < -0.39 is 17.3 Å². The van der Waals surface area contributed by atoms with Gasteiger partial charge in [-0.05, 0) is 53.9 Å². The fourth-order valence-electron chi connectivity index (χ4n) is 3.08. The Morgan fingerprint density at radius 3 is 2.00 bits per heavy atom.